The van der Waals surface area contributed by atoms with Crippen LogP contribution in [0.2, 0.25) is 0 Å². The first-order valence-corrected chi connectivity index (χ1v) is 7.17. The van der Waals surface area contributed by atoms with Gasteiger partial charge in [-0.25, -0.2) is 0 Å². The summed E-state index contributed by atoms with van der Waals surface area (Å²) in [7, 11) is 0. The quantitative estimate of drug-likeness (QED) is 0.803. The third kappa shape index (κ3) is 4.13. The molecule has 0 atom stereocenters. The normalized spacial score (nSPS) is 16.4. The highest BCUT2D eigenvalue weighted by atomic mass is 16.2. The second-order valence-corrected chi connectivity index (χ2v) is 5.58. The first kappa shape index (κ1) is 14.7. The smallest absolute Gasteiger partial charge is 0.234 e. The van der Waals surface area contributed by atoms with Crippen molar-refractivity contribution in [3.05, 3.63) is 24.3 Å². The van der Waals surface area contributed by atoms with Crippen molar-refractivity contribution in [3.63, 3.8) is 0 Å². The average molecular weight is 276 g/mol. The second-order valence-electron chi connectivity index (χ2n) is 5.58. The topological polar surface area (TPSA) is 61.6 Å². The lowest BCUT2D eigenvalue weighted by atomic mass is 10.2. The van der Waals surface area contributed by atoms with E-state index in [-0.39, 0.29) is 11.9 Å². The molecular formula is C15H24N4O. The molecule has 110 valence electrons. The van der Waals surface area contributed by atoms with Gasteiger partial charge in [0.1, 0.15) is 0 Å². The molecule has 1 fully saturated rings. The van der Waals surface area contributed by atoms with Crippen molar-refractivity contribution in [1.82, 2.24) is 10.2 Å². The maximum Gasteiger partial charge on any atom is 0.234 e. The van der Waals surface area contributed by atoms with Crippen LogP contribution in [0, 0.1) is 0 Å². The van der Waals surface area contributed by atoms with Crippen LogP contribution in [-0.4, -0.2) is 49.6 Å². The fourth-order valence-electron chi connectivity index (χ4n) is 2.46. The van der Waals surface area contributed by atoms with Crippen LogP contribution >= 0.6 is 0 Å². The molecule has 0 bridgehead atoms. The molecule has 3 N–H and O–H groups in total. The number of carbonyl (C=O) groups excluding carboxylic acids is 1. The Labute approximate surface area is 120 Å². The first-order chi connectivity index (χ1) is 9.54. The highest BCUT2D eigenvalue weighted by Gasteiger charge is 2.19. The van der Waals surface area contributed by atoms with Gasteiger partial charge >= 0.3 is 0 Å². The van der Waals surface area contributed by atoms with Crippen LogP contribution in [0.15, 0.2) is 24.3 Å². The molecule has 1 aromatic rings. The van der Waals surface area contributed by atoms with Gasteiger partial charge < -0.3 is 16.0 Å². The first-order valence-electron chi connectivity index (χ1n) is 7.17. The lowest BCUT2D eigenvalue weighted by Gasteiger charge is -2.35. The van der Waals surface area contributed by atoms with Crippen LogP contribution in [0.5, 0.6) is 0 Å². The van der Waals surface area contributed by atoms with E-state index < -0.39 is 0 Å². The molecule has 0 aliphatic carbocycles. The number of anilines is 2. The van der Waals surface area contributed by atoms with E-state index in [0.29, 0.717) is 6.54 Å². The van der Waals surface area contributed by atoms with Crippen LogP contribution in [0.25, 0.3) is 0 Å². The van der Waals surface area contributed by atoms with Crippen molar-refractivity contribution >= 4 is 17.3 Å². The number of nitrogen functional groups attached to an aromatic ring is 1. The third-order valence-electron chi connectivity index (χ3n) is 3.42. The zero-order chi connectivity index (χ0) is 14.5. The number of nitrogens with one attached hydrogen (secondary N) is 1. The molecule has 1 aromatic carbocycles. The molecule has 0 saturated carbocycles. The lowest BCUT2D eigenvalue weighted by molar-refractivity contribution is -0.122. The number of nitrogens with zero attached hydrogens (tertiary/aromatic N) is 2. The van der Waals surface area contributed by atoms with E-state index >= 15 is 0 Å². The molecule has 0 unspecified atom stereocenters. The maximum atomic E-state index is 11.7. The molecule has 0 spiro atoms. The zero-order valence-electron chi connectivity index (χ0n) is 12.3. The van der Waals surface area contributed by atoms with Crippen LogP contribution in [-0.2, 0) is 4.79 Å². The summed E-state index contributed by atoms with van der Waals surface area (Å²) < 4.78 is 0. The van der Waals surface area contributed by atoms with E-state index in [0.717, 1.165) is 37.6 Å². The van der Waals surface area contributed by atoms with Crippen LogP contribution in [0.3, 0.4) is 0 Å². The van der Waals surface area contributed by atoms with E-state index in [9.17, 15) is 4.79 Å². The van der Waals surface area contributed by atoms with Crippen molar-refractivity contribution in [3.8, 4) is 0 Å². The summed E-state index contributed by atoms with van der Waals surface area (Å²) in [6, 6.07) is 8.16. The van der Waals surface area contributed by atoms with Crippen molar-refractivity contribution in [2.24, 2.45) is 0 Å². The van der Waals surface area contributed by atoms with Gasteiger partial charge in [0, 0.05) is 43.6 Å². The SMILES string of the molecule is CC(C)NC(=O)CN1CCN(c2cccc(N)c2)CC1. The van der Waals surface area contributed by atoms with Crippen LogP contribution in [0.4, 0.5) is 11.4 Å². The van der Waals surface area contributed by atoms with Crippen LogP contribution < -0.4 is 16.0 Å². The number of piperazine rings is 1. The number of benzene rings is 1. The monoisotopic (exact) mass is 276 g/mol. The number of nitrogens with two attached hydrogens (primary N) is 1. The molecule has 1 aliphatic heterocycles. The number of amides is 1. The summed E-state index contributed by atoms with van der Waals surface area (Å²) in [5, 5.41) is 2.93. The Morgan fingerprint density at radius 2 is 2.00 bits per heavy atom. The van der Waals surface area contributed by atoms with Gasteiger partial charge in [-0.15, -0.1) is 0 Å². The minimum atomic E-state index is 0.109. The fraction of sp³-hybridized carbons (Fsp3) is 0.533. The molecular weight excluding hydrogens is 252 g/mol. The summed E-state index contributed by atoms with van der Waals surface area (Å²) in [5.74, 6) is 0.109. The van der Waals surface area contributed by atoms with Gasteiger partial charge in [-0.2, -0.15) is 0 Å². The molecule has 5 heteroatoms. The van der Waals surface area contributed by atoms with Crippen LogP contribution in [0.1, 0.15) is 13.8 Å². The highest BCUT2D eigenvalue weighted by Crippen LogP contribution is 2.18. The summed E-state index contributed by atoms with van der Waals surface area (Å²) in [6.45, 7) is 8.12. The standard InChI is InChI=1S/C15H24N4O/c1-12(2)17-15(20)11-18-6-8-19(9-7-18)14-5-3-4-13(16)10-14/h3-5,10,12H,6-9,11,16H2,1-2H3,(H,17,20). The van der Waals surface area contributed by atoms with E-state index in [1.165, 1.54) is 0 Å². The molecule has 1 amide bonds. The molecule has 0 radical (unpaired) electrons. The summed E-state index contributed by atoms with van der Waals surface area (Å²) in [6.07, 6.45) is 0. The largest absolute Gasteiger partial charge is 0.399 e. The van der Waals surface area contributed by atoms with Gasteiger partial charge in [-0.05, 0) is 32.0 Å². The van der Waals surface area contributed by atoms with E-state index in [1.54, 1.807) is 0 Å². The third-order valence-corrected chi connectivity index (χ3v) is 3.42. The minimum Gasteiger partial charge on any atom is -0.399 e. The summed E-state index contributed by atoms with van der Waals surface area (Å²) in [5.41, 5.74) is 7.77. The van der Waals surface area contributed by atoms with E-state index in [2.05, 4.69) is 21.2 Å². The molecule has 5 nitrogen and oxygen atoms in total. The molecule has 20 heavy (non-hydrogen) atoms. The lowest BCUT2D eigenvalue weighted by Crippen LogP contribution is -2.50. The highest BCUT2D eigenvalue weighted by molar-refractivity contribution is 5.78. The van der Waals surface area contributed by atoms with Gasteiger partial charge in [0.25, 0.3) is 0 Å². The Bertz CT molecular complexity index is 453. The maximum absolute atomic E-state index is 11.7. The Morgan fingerprint density at radius 1 is 1.30 bits per heavy atom. The summed E-state index contributed by atoms with van der Waals surface area (Å²) >= 11 is 0. The van der Waals surface area contributed by atoms with Crippen molar-refractivity contribution in [2.45, 2.75) is 19.9 Å². The van der Waals surface area contributed by atoms with Gasteiger partial charge in [0.15, 0.2) is 0 Å². The second kappa shape index (κ2) is 6.61. The molecule has 1 aliphatic rings. The van der Waals surface area contributed by atoms with Crippen molar-refractivity contribution in [2.75, 3.05) is 43.4 Å². The minimum absolute atomic E-state index is 0.109. The predicted molar refractivity (Wildman–Crippen MR) is 82.8 cm³/mol. The molecule has 2 rings (SSSR count). The number of rotatable bonds is 4. The summed E-state index contributed by atoms with van der Waals surface area (Å²) in [4.78, 5) is 16.2. The predicted octanol–water partition coefficient (Wildman–Crippen LogP) is 0.915. The van der Waals surface area contributed by atoms with Crippen molar-refractivity contribution in [1.29, 1.82) is 0 Å². The Balaban J connectivity index is 1.82. The fourth-order valence-corrected chi connectivity index (χ4v) is 2.46. The van der Waals surface area contributed by atoms with E-state index in [1.807, 2.05) is 32.0 Å². The van der Waals surface area contributed by atoms with Crippen molar-refractivity contribution < 1.29 is 4.79 Å². The Hall–Kier alpha value is -1.75. The molecule has 1 heterocycles. The molecule has 0 aromatic heterocycles. The Morgan fingerprint density at radius 3 is 2.60 bits per heavy atom. The van der Waals surface area contributed by atoms with Gasteiger partial charge in [0.2, 0.25) is 5.91 Å². The number of carbonyl (C=O) groups is 1. The van der Waals surface area contributed by atoms with Gasteiger partial charge in [-0.3, -0.25) is 9.69 Å². The van der Waals surface area contributed by atoms with Gasteiger partial charge in [0.05, 0.1) is 6.54 Å². The number of hydrogen-bond acceptors (Lipinski definition) is 4. The van der Waals surface area contributed by atoms with E-state index in [4.69, 9.17) is 5.73 Å². The Kier molecular flexibility index (Phi) is 4.84. The zero-order valence-corrected chi connectivity index (χ0v) is 12.3. The molecule has 1 saturated heterocycles. The van der Waals surface area contributed by atoms with Gasteiger partial charge in [-0.1, -0.05) is 6.07 Å². The number of hydrogen-bond donors (Lipinski definition) is 2. The average Bonchev–Trinajstić information content (AvgIpc) is 2.38.